The molecule has 150 valence electrons. The molecule has 2 aliphatic heterocycles. The normalized spacial score (nSPS) is 18.8. The molecule has 0 aliphatic carbocycles. The van der Waals surface area contributed by atoms with Crippen molar-refractivity contribution in [1.82, 2.24) is 15.2 Å². The van der Waals surface area contributed by atoms with Crippen molar-refractivity contribution < 1.29 is 14.3 Å². The molecule has 0 spiro atoms. The number of rotatable bonds is 5. The minimum absolute atomic E-state index is 0.0373. The first-order valence-corrected chi connectivity index (χ1v) is 10.2. The van der Waals surface area contributed by atoms with Gasteiger partial charge in [-0.25, -0.2) is 0 Å². The molecule has 2 aromatic carbocycles. The standard InChI is InChI=1S/C23H25N3O3/c27-23(20-11-17-6-1-2-8-19(17)25-20)24-12-16-5-4-10-26(13-16)14-18-7-3-9-21-22(18)29-15-28-21/h1-3,6-9,11,16,25H,4-5,10,12-15H2,(H,24,27)/t16-/m0/s1. The Hall–Kier alpha value is -2.99. The summed E-state index contributed by atoms with van der Waals surface area (Å²) >= 11 is 0. The van der Waals surface area contributed by atoms with E-state index in [1.807, 2.05) is 42.5 Å². The van der Waals surface area contributed by atoms with Gasteiger partial charge in [0.25, 0.3) is 5.91 Å². The number of H-pyrrole nitrogens is 1. The summed E-state index contributed by atoms with van der Waals surface area (Å²) < 4.78 is 11.1. The number of likely N-dealkylation sites (tertiary alicyclic amines) is 1. The number of carbonyl (C=O) groups excluding carboxylic acids is 1. The van der Waals surface area contributed by atoms with E-state index in [1.54, 1.807) is 0 Å². The summed E-state index contributed by atoms with van der Waals surface area (Å²) in [6, 6.07) is 15.9. The minimum atomic E-state index is -0.0373. The first kappa shape index (κ1) is 18.1. The third kappa shape index (κ3) is 3.80. The maximum Gasteiger partial charge on any atom is 0.267 e. The SMILES string of the molecule is O=C(NC[C@@H]1CCCN(Cc2cccc3c2OCO3)C1)c1cc2ccccc2[nH]1. The number of benzene rings is 2. The lowest BCUT2D eigenvalue weighted by atomic mass is 9.97. The third-order valence-corrected chi connectivity index (χ3v) is 5.80. The summed E-state index contributed by atoms with van der Waals surface area (Å²) in [4.78, 5) is 18.2. The number of fused-ring (bicyclic) bond motifs is 2. The van der Waals surface area contributed by atoms with E-state index in [1.165, 1.54) is 5.56 Å². The van der Waals surface area contributed by atoms with Crippen molar-refractivity contribution in [1.29, 1.82) is 0 Å². The van der Waals surface area contributed by atoms with Crippen LogP contribution in [-0.4, -0.2) is 42.2 Å². The highest BCUT2D eigenvalue weighted by Crippen LogP contribution is 2.36. The van der Waals surface area contributed by atoms with E-state index in [4.69, 9.17) is 9.47 Å². The predicted molar refractivity (Wildman–Crippen MR) is 111 cm³/mol. The first-order valence-electron chi connectivity index (χ1n) is 10.2. The molecule has 6 heteroatoms. The van der Waals surface area contributed by atoms with Crippen molar-refractivity contribution >= 4 is 16.8 Å². The smallest absolute Gasteiger partial charge is 0.267 e. The second kappa shape index (κ2) is 7.79. The largest absolute Gasteiger partial charge is 0.454 e. The van der Waals surface area contributed by atoms with Gasteiger partial charge in [0, 0.05) is 36.1 Å². The van der Waals surface area contributed by atoms with Crippen LogP contribution in [0.5, 0.6) is 11.5 Å². The molecular formula is C23H25N3O3. The van der Waals surface area contributed by atoms with Crippen LogP contribution in [0.15, 0.2) is 48.5 Å². The lowest BCUT2D eigenvalue weighted by molar-refractivity contribution is 0.0926. The zero-order chi connectivity index (χ0) is 19.6. The van der Waals surface area contributed by atoms with Gasteiger partial charge in [-0.1, -0.05) is 30.3 Å². The number of ether oxygens (including phenoxy) is 2. The number of para-hydroxylation sites is 2. The van der Waals surface area contributed by atoms with Gasteiger partial charge in [-0.05, 0) is 43.5 Å². The molecule has 3 heterocycles. The molecule has 1 atom stereocenters. The van der Waals surface area contributed by atoms with Gasteiger partial charge in [-0.3, -0.25) is 9.69 Å². The monoisotopic (exact) mass is 391 g/mol. The fraction of sp³-hybridized carbons (Fsp3) is 0.348. The highest BCUT2D eigenvalue weighted by molar-refractivity contribution is 5.97. The van der Waals surface area contributed by atoms with E-state index in [-0.39, 0.29) is 5.91 Å². The summed E-state index contributed by atoms with van der Waals surface area (Å²) in [6.07, 6.45) is 2.27. The van der Waals surface area contributed by atoms with Gasteiger partial charge in [-0.2, -0.15) is 0 Å². The van der Waals surface area contributed by atoms with Gasteiger partial charge in [0.05, 0.1) is 0 Å². The van der Waals surface area contributed by atoms with E-state index in [0.717, 1.165) is 54.9 Å². The molecule has 1 fully saturated rings. The fourth-order valence-corrected chi connectivity index (χ4v) is 4.35. The Morgan fingerprint density at radius 1 is 1.17 bits per heavy atom. The van der Waals surface area contributed by atoms with Crippen LogP contribution >= 0.6 is 0 Å². The maximum atomic E-state index is 12.6. The Balaban J connectivity index is 1.18. The molecule has 0 bridgehead atoms. The molecule has 0 unspecified atom stereocenters. The predicted octanol–water partition coefficient (Wildman–Crippen LogP) is 3.54. The number of amides is 1. The van der Waals surface area contributed by atoms with Crippen LogP contribution in [-0.2, 0) is 6.54 Å². The van der Waals surface area contributed by atoms with Crippen LogP contribution in [0, 0.1) is 5.92 Å². The Labute approximate surface area is 169 Å². The molecule has 1 saturated heterocycles. The van der Waals surface area contributed by atoms with E-state index < -0.39 is 0 Å². The topological polar surface area (TPSA) is 66.6 Å². The van der Waals surface area contributed by atoms with Gasteiger partial charge < -0.3 is 19.8 Å². The number of nitrogens with one attached hydrogen (secondary N) is 2. The molecule has 6 nitrogen and oxygen atoms in total. The third-order valence-electron chi connectivity index (χ3n) is 5.80. The second-order valence-corrected chi connectivity index (χ2v) is 7.87. The average Bonchev–Trinajstić information content (AvgIpc) is 3.40. The molecule has 5 rings (SSSR count). The maximum absolute atomic E-state index is 12.6. The van der Waals surface area contributed by atoms with Crippen LogP contribution < -0.4 is 14.8 Å². The summed E-state index contributed by atoms with van der Waals surface area (Å²) in [5, 5.41) is 4.17. The molecule has 0 saturated carbocycles. The Bertz CT molecular complexity index is 996. The highest BCUT2D eigenvalue weighted by Gasteiger charge is 2.24. The van der Waals surface area contributed by atoms with Crippen LogP contribution in [0.4, 0.5) is 0 Å². The fourth-order valence-electron chi connectivity index (χ4n) is 4.35. The number of hydrogen-bond donors (Lipinski definition) is 2. The lowest BCUT2D eigenvalue weighted by Gasteiger charge is -2.33. The Kier molecular flexibility index (Phi) is 4.86. The van der Waals surface area contributed by atoms with Gasteiger partial charge in [0.15, 0.2) is 11.5 Å². The van der Waals surface area contributed by atoms with Crippen molar-refractivity contribution in [2.75, 3.05) is 26.4 Å². The van der Waals surface area contributed by atoms with Crippen molar-refractivity contribution in [3.05, 3.63) is 59.8 Å². The van der Waals surface area contributed by atoms with E-state index in [9.17, 15) is 4.79 Å². The molecule has 2 N–H and O–H groups in total. The Morgan fingerprint density at radius 3 is 3.03 bits per heavy atom. The number of carbonyl (C=O) groups is 1. The number of piperidine rings is 1. The van der Waals surface area contributed by atoms with Crippen molar-refractivity contribution in [2.24, 2.45) is 5.92 Å². The average molecular weight is 391 g/mol. The summed E-state index contributed by atoms with van der Waals surface area (Å²) in [7, 11) is 0. The van der Waals surface area contributed by atoms with Crippen LogP contribution in [0.1, 0.15) is 28.9 Å². The number of nitrogens with zero attached hydrogens (tertiary/aromatic N) is 1. The molecule has 1 amide bonds. The first-order chi connectivity index (χ1) is 14.3. The number of hydrogen-bond acceptors (Lipinski definition) is 4. The number of aromatic amines is 1. The van der Waals surface area contributed by atoms with Crippen molar-refractivity contribution in [3.8, 4) is 11.5 Å². The van der Waals surface area contributed by atoms with Gasteiger partial charge in [0.1, 0.15) is 5.69 Å². The zero-order valence-corrected chi connectivity index (χ0v) is 16.3. The lowest BCUT2D eigenvalue weighted by Crippen LogP contribution is -2.40. The van der Waals surface area contributed by atoms with Gasteiger partial charge in [-0.15, -0.1) is 0 Å². The Morgan fingerprint density at radius 2 is 2.10 bits per heavy atom. The molecule has 1 aromatic heterocycles. The summed E-state index contributed by atoms with van der Waals surface area (Å²) in [5.41, 5.74) is 2.78. The quantitative estimate of drug-likeness (QED) is 0.698. The zero-order valence-electron chi connectivity index (χ0n) is 16.3. The van der Waals surface area contributed by atoms with E-state index in [2.05, 4.69) is 21.3 Å². The molecule has 2 aliphatic rings. The highest BCUT2D eigenvalue weighted by atomic mass is 16.7. The van der Waals surface area contributed by atoms with Crippen LogP contribution in [0.2, 0.25) is 0 Å². The van der Waals surface area contributed by atoms with E-state index >= 15 is 0 Å². The van der Waals surface area contributed by atoms with Crippen molar-refractivity contribution in [2.45, 2.75) is 19.4 Å². The minimum Gasteiger partial charge on any atom is -0.454 e. The van der Waals surface area contributed by atoms with Crippen molar-refractivity contribution in [3.63, 3.8) is 0 Å². The van der Waals surface area contributed by atoms with Crippen LogP contribution in [0.3, 0.4) is 0 Å². The summed E-state index contributed by atoms with van der Waals surface area (Å²) in [6.45, 7) is 3.87. The molecular weight excluding hydrogens is 366 g/mol. The number of aromatic nitrogens is 1. The second-order valence-electron chi connectivity index (χ2n) is 7.87. The van der Waals surface area contributed by atoms with E-state index in [0.29, 0.717) is 24.9 Å². The summed E-state index contributed by atoms with van der Waals surface area (Å²) in [5.74, 6) is 2.12. The van der Waals surface area contributed by atoms with Gasteiger partial charge in [0.2, 0.25) is 6.79 Å². The molecule has 3 aromatic rings. The van der Waals surface area contributed by atoms with Gasteiger partial charge >= 0.3 is 0 Å². The van der Waals surface area contributed by atoms with Crippen LogP contribution in [0.25, 0.3) is 10.9 Å². The molecule has 0 radical (unpaired) electrons. The molecule has 29 heavy (non-hydrogen) atoms.